The second-order valence-corrected chi connectivity index (χ2v) is 5.63. The van der Waals surface area contributed by atoms with Crippen LogP contribution < -0.4 is 5.73 Å². The Labute approximate surface area is 141 Å². The number of nitrogens with two attached hydrogens (primary N) is 1. The first kappa shape index (κ1) is 17.7. The van der Waals surface area contributed by atoms with Gasteiger partial charge in [-0.25, -0.2) is 0 Å². The van der Waals surface area contributed by atoms with Crippen molar-refractivity contribution in [3.63, 3.8) is 0 Å². The Morgan fingerprint density at radius 2 is 1.92 bits per heavy atom. The van der Waals surface area contributed by atoms with Crippen molar-refractivity contribution in [3.8, 4) is 0 Å². The van der Waals surface area contributed by atoms with Crippen LogP contribution in [0.15, 0.2) is 30.3 Å². The molecule has 2 amide bonds. The topological polar surface area (TPSA) is 99.4 Å². The number of aryl methyl sites for hydroxylation is 1. The first-order chi connectivity index (χ1) is 11.5. The van der Waals surface area contributed by atoms with E-state index in [2.05, 4.69) is 4.98 Å². The van der Waals surface area contributed by atoms with Gasteiger partial charge in [-0.05, 0) is 24.5 Å². The van der Waals surface area contributed by atoms with E-state index in [1.807, 2.05) is 37.3 Å². The number of carbonyl (C=O) groups excluding carboxylic acids is 2. The summed E-state index contributed by atoms with van der Waals surface area (Å²) in [5.41, 5.74) is 8.37. The van der Waals surface area contributed by atoms with E-state index in [0.717, 1.165) is 5.56 Å². The summed E-state index contributed by atoms with van der Waals surface area (Å²) in [4.78, 5) is 29.2. The molecule has 1 aromatic heterocycles. The smallest absolute Gasteiger partial charge is 0.270 e. The number of aromatic nitrogens is 1. The number of nitrogens with zero attached hydrogens (tertiary/aromatic N) is 1. The standard InChI is InChI=1S/C18H23N3O3/c1-3-14-15(17(19)23)12(2)20-16(14)18(24)21(9-10-22)11-13-7-5-4-6-8-13/h4-8,20,22H,3,9-11H2,1-2H3,(H2,19,23). The Bertz CT molecular complexity index is 723. The summed E-state index contributed by atoms with van der Waals surface area (Å²) in [5.74, 6) is -0.795. The van der Waals surface area contributed by atoms with Gasteiger partial charge >= 0.3 is 0 Å². The van der Waals surface area contributed by atoms with E-state index in [1.54, 1.807) is 11.8 Å². The Kier molecular flexibility index (Phi) is 5.76. The summed E-state index contributed by atoms with van der Waals surface area (Å²) >= 11 is 0. The lowest BCUT2D eigenvalue weighted by Crippen LogP contribution is -2.34. The van der Waals surface area contributed by atoms with Gasteiger partial charge in [-0.2, -0.15) is 0 Å². The quantitative estimate of drug-likeness (QED) is 0.719. The fourth-order valence-electron chi connectivity index (χ4n) is 2.88. The molecule has 0 aliphatic carbocycles. The van der Waals surface area contributed by atoms with Crippen LogP contribution in [0.25, 0.3) is 0 Å². The molecule has 4 N–H and O–H groups in total. The fraction of sp³-hybridized carbons (Fsp3) is 0.333. The third-order valence-electron chi connectivity index (χ3n) is 3.98. The maximum atomic E-state index is 12.9. The van der Waals surface area contributed by atoms with Crippen molar-refractivity contribution in [2.45, 2.75) is 26.8 Å². The monoisotopic (exact) mass is 329 g/mol. The maximum absolute atomic E-state index is 12.9. The van der Waals surface area contributed by atoms with Crippen LogP contribution in [0.4, 0.5) is 0 Å². The molecule has 0 atom stereocenters. The van der Waals surface area contributed by atoms with Crippen LogP contribution in [0.3, 0.4) is 0 Å². The van der Waals surface area contributed by atoms with E-state index < -0.39 is 5.91 Å². The average Bonchev–Trinajstić information content (AvgIpc) is 2.91. The normalized spacial score (nSPS) is 10.6. The van der Waals surface area contributed by atoms with Crippen molar-refractivity contribution >= 4 is 11.8 Å². The van der Waals surface area contributed by atoms with Crippen LogP contribution in [-0.2, 0) is 13.0 Å². The number of carbonyl (C=O) groups is 2. The fourth-order valence-corrected chi connectivity index (χ4v) is 2.88. The molecule has 0 aliphatic rings. The molecular formula is C18H23N3O3. The Hall–Kier alpha value is -2.60. The van der Waals surface area contributed by atoms with Crippen LogP contribution in [0.5, 0.6) is 0 Å². The number of hydrogen-bond donors (Lipinski definition) is 3. The zero-order chi connectivity index (χ0) is 17.7. The summed E-state index contributed by atoms with van der Waals surface area (Å²) in [6.45, 7) is 4.06. The summed E-state index contributed by atoms with van der Waals surface area (Å²) in [7, 11) is 0. The summed E-state index contributed by atoms with van der Waals surface area (Å²) in [6.07, 6.45) is 0.516. The number of benzene rings is 1. The van der Waals surface area contributed by atoms with Crippen molar-refractivity contribution in [1.82, 2.24) is 9.88 Å². The van der Waals surface area contributed by atoms with Gasteiger partial charge in [-0.15, -0.1) is 0 Å². The molecule has 0 aliphatic heterocycles. The Balaban J connectivity index is 2.36. The molecule has 1 heterocycles. The summed E-state index contributed by atoms with van der Waals surface area (Å²) in [5, 5.41) is 9.31. The van der Waals surface area contributed by atoms with Crippen LogP contribution in [0, 0.1) is 6.92 Å². The van der Waals surface area contributed by atoms with Gasteiger partial charge in [0, 0.05) is 18.8 Å². The zero-order valence-corrected chi connectivity index (χ0v) is 14.0. The van der Waals surface area contributed by atoms with E-state index >= 15 is 0 Å². The number of rotatable bonds is 7. The van der Waals surface area contributed by atoms with E-state index in [1.165, 1.54) is 0 Å². The van der Waals surface area contributed by atoms with Gasteiger partial charge in [0.15, 0.2) is 0 Å². The van der Waals surface area contributed by atoms with Crippen LogP contribution >= 0.6 is 0 Å². The number of primary amides is 1. The molecule has 6 heteroatoms. The molecule has 0 spiro atoms. The summed E-state index contributed by atoms with van der Waals surface area (Å²) < 4.78 is 0. The predicted octanol–water partition coefficient (Wildman–Crippen LogP) is 1.62. The molecule has 0 bridgehead atoms. The van der Waals surface area contributed by atoms with Crippen molar-refractivity contribution in [3.05, 3.63) is 58.4 Å². The van der Waals surface area contributed by atoms with E-state index in [9.17, 15) is 14.7 Å². The molecule has 24 heavy (non-hydrogen) atoms. The molecular weight excluding hydrogens is 306 g/mol. The number of aliphatic hydroxyl groups is 1. The predicted molar refractivity (Wildman–Crippen MR) is 91.7 cm³/mol. The second kappa shape index (κ2) is 7.79. The number of aromatic amines is 1. The lowest BCUT2D eigenvalue weighted by atomic mass is 10.0. The Morgan fingerprint density at radius 3 is 2.46 bits per heavy atom. The highest BCUT2D eigenvalue weighted by atomic mass is 16.3. The van der Waals surface area contributed by atoms with Gasteiger partial charge in [0.25, 0.3) is 11.8 Å². The second-order valence-electron chi connectivity index (χ2n) is 5.63. The average molecular weight is 329 g/mol. The number of amides is 2. The molecule has 0 radical (unpaired) electrons. The third-order valence-corrected chi connectivity index (χ3v) is 3.98. The van der Waals surface area contributed by atoms with Crippen LogP contribution in [0.1, 0.15) is 44.6 Å². The SMILES string of the molecule is CCc1c(C(=O)N(CCO)Cc2ccccc2)[nH]c(C)c1C(N)=O. The molecule has 0 fully saturated rings. The number of nitrogens with one attached hydrogen (secondary N) is 1. The van der Waals surface area contributed by atoms with Gasteiger partial charge in [0.2, 0.25) is 0 Å². The van der Waals surface area contributed by atoms with Crippen LogP contribution in [-0.4, -0.2) is 40.0 Å². The van der Waals surface area contributed by atoms with Crippen LogP contribution in [0.2, 0.25) is 0 Å². The highest BCUT2D eigenvalue weighted by molar-refractivity contribution is 6.02. The molecule has 6 nitrogen and oxygen atoms in total. The van der Waals surface area contributed by atoms with Gasteiger partial charge in [0.05, 0.1) is 12.2 Å². The van der Waals surface area contributed by atoms with Gasteiger partial charge in [0.1, 0.15) is 5.69 Å². The van der Waals surface area contributed by atoms with Gasteiger partial charge in [-0.3, -0.25) is 9.59 Å². The van der Waals surface area contributed by atoms with Crippen molar-refractivity contribution in [1.29, 1.82) is 0 Å². The zero-order valence-electron chi connectivity index (χ0n) is 14.0. The highest BCUT2D eigenvalue weighted by Gasteiger charge is 2.25. The van der Waals surface area contributed by atoms with E-state index in [0.29, 0.717) is 35.5 Å². The minimum absolute atomic E-state index is 0.137. The minimum atomic E-state index is -0.545. The van der Waals surface area contributed by atoms with Crippen molar-refractivity contribution < 1.29 is 14.7 Å². The molecule has 1 aromatic carbocycles. The summed E-state index contributed by atoms with van der Waals surface area (Å²) in [6, 6.07) is 9.56. The molecule has 0 saturated heterocycles. The molecule has 2 aromatic rings. The van der Waals surface area contributed by atoms with Crippen molar-refractivity contribution in [2.24, 2.45) is 5.73 Å². The van der Waals surface area contributed by atoms with Gasteiger partial charge < -0.3 is 20.7 Å². The van der Waals surface area contributed by atoms with Crippen molar-refractivity contribution in [2.75, 3.05) is 13.2 Å². The number of hydrogen-bond acceptors (Lipinski definition) is 3. The Morgan fingerprint density at radius 1 is 1.25 bits per heavy atom. The van der Waals surface area contributed by atoms with E-state index in [4.69, 9.17) is 5.73 Å². The van der Waals surface area contributed by atoms with Gasteiger partial charge in [-0.1, -0.05) is 37.3 Å². The first-order valence-corrected chi connectivity index (χ1v) is 7.94. The largest absolute Gasteiger partial charge is 0.395 e. The third kappa shape index (κ3) is 3.65. The molecule has 128 valence electrons. The lowest BCUT2D eigenvalue weighted by molar-refractivity contribution is 0.0701. The molecule has 0 unspecified atom stereocenters. The van der Waals surface area contributed by atoms with E-state index in [-0.39, 0.29) is 19.1 Å². The number of aliphatic hydroxyl groups excluding tert-OH is 1. The lowest BCUT2D eigenvalue weighted by Gasteiger charge is -2.22. The highest BCUT2D eigenvalue weighted by Crippen LogP contribution is 2.21. The first-order valence-electron chi connectivity index (χ1n) is 7.94. The molecule has 0 saturated carbocycles. The number of H-pyrrole nitrogens is 1. The maximum Gasteiger partial charge on any atom is 0.270 e. The minimum Gasteiger partial charge on any atom is -0.395 e. The molecule has 2 rings (SSSR count).